The Morgan fingerprint density at radius 2 is 1.92 bits per heavy atom. The molecule has 0 aliphatic heterocycles. The fourth-order valence-electron chi connectivity index (χ4n) is 0.956. The summed E-state index contributed by atoms with van der Waals surface area (Å²) >= 11 is 0. The minimum Gasteiger partial charge on any atom is -0.490 e. The van der Waals surface area contributed by atoms with E-state index >= 15 is 0 Å². The van der Waals surface area contributed by atoms with Crippen LogP contribution in [0, 0.1) is 6.92 Å². The normalized spacial score (nSPS) is 9.92. The molecule has 0 N–H and O–H groups in total. The molecule has 0 aromatic carbocycles. The van der Waals surface area contributed by atoms with Crippen LogP contribution in [0.3, 0.4) is 0 Å². The summed E-state index contributed by atoms with van der Waals surface area (Å²) in [7, 11) is 0. The van der Waals surface area contributed by atoms with Crippen LogP contribution in [-0.2, 0) is 0 Å². The van der Waals surface area contributed by atoms with Crippen LogP contribution < -0.4 is 9.47 Å². The Morgan fingerprint density at radius 1 is 1.25 bits per heavy atom. The van der Waals surface area contributed by atoms with E-state index in [1.165, 1.54) is 0 Å². The smallest absolute Gasteiger partial charge is 0.291 e. The number of rotatable bonds is 4. The molecule has 1 aromatic heterocycles. The summed E-state index contributed by atoms with van der Waals surface area (Å²) in [5.74, 6) is 1.32. The van der Waals surface area contributed by atoms with Gasteiger partial charge in [-0.3, -0.25) is 0 Å². The third-order valence-electron chi connectivity index (χ3n) is 1.52. The first-order chi connectivity index (χ1) is 5.79. The monoisotopic (exact) mass is 170 g/mol. The van der Waals surface area contributed by atoms with Crippen LogP contribution in [0.1, 0.15) is 19.4 Å². The van der Waals surface area contributed by atoms with Crippen molar-refractivity contribution in [1.29, 1.82) is 0 Å². The predicted octanol–water partition coefficient (Wildman–Crippen LogP) is 2.39. The van der Waals surface area contributed by atoms with Crippen molar-refractivity contribution < 1.29 is 13.9 Å². The summed E-state index contributed by atoms with van der Waals surface area (Å²) in [4.78, 5) is 0. The van der Waals surface area contributed by atoms with E-state index in [-0.39, 0.29) is 0 Å². The molecule has 0 amide bonds. The molecule has 0 saturated carbocycles. The third-order valence-corrected chi connectivity index (χ3v) is 1.52. The number of hydrogen-bond donors (Lipinski definition) is 0. The number of furan rings is 1. The van der Waals surface area contributed by atoms with Crippen LogP contribution in [0.4, 0.5) is 0 Å². The Hall–Kier alpha value is -1.12. The highest BCUT2D eigenvalue weighted by Crippen LogP contribution is 2.29. The Morgan fingerprint density at radius 3 is 2.50 bits per heavy atom. The summed E-state index contributed by atoms with van der Waals surface area (Å²) in [6.45, 7) is 7.03. The second-order valence-electron chi connectivity index (χ2n) is 2.38. The van der Waals surface area contributed by atoms with Gasteiger partial charge in [-0.15, -0.1) is 0 Å². The topological polar surface area (TPSA) is 31.6 Å². The first-order valence-corrected chi connectivity index (χ1v) is 4.13. The molecule has 3 heteroatoms. The van der Waals surface area contributed by atoms with E-state index in [4.69, 9.17) is 13.9 Å². The molecule has 0 saturated heterocycles. The summed E-state index contributed by atoms with van der Waals surface area (Å²) in [6, 6.07) is 0. The van der Waals surface area contributed by atoms with Crippen LogP contribution in [0.25, 0.3) is 0 Å². The highest BCUT2D eigenvalue weighted by atomic mass is 16.6. The Labute approximate surface area is 72.3 Å². The highest BCUT2D eigenvalue weighted by molar-refractivity contribution is 5.36. The molecular formula is C9H14O3. The second-order valence-corrected chi connectivity index (χ2v) is 2.38. The molecule has 0 spiro atoms. The summed E-state index contributed by atoms with van der Waals surface area (Å²) in [5.41, 5.74) is 0.929. The van der Waals surface area contributed by atoms with Crippen LogP contribution >= 0.6 is 0 Å². The van der Waals surface area contributed by atoms with Gasteiger partial charge < -0.3 is 13.9 Å². The molecule has 68 valence electrons. The lowest BCUT2D eigenvalue weighted by Gasteiger charge is -2.00. The van der Waals surface area contributed by atoms with Crippen LogP contribution in [0.15, 0.2) is 10.7 Å². The number of ether oxygens (including phenoxy) is 2. The molecule has 0 aliphatic carbocycles. The van der Waals surface area contributed by atoms with E-state index in [2.05, 4.69) is 0 Å². The van der Waals surface area contributed by atoms with E-state index in [1.54, 1.807) is 6.26 Å². The summed E-state index contributed by atoms with van der Waals surface area (Å²) < 4.78 is 15.6. The maximum atomic E-state index is 5.29. The van der Waals surface area contributed by atoms with Gasteiger partial charge in [0, 0.05) is 0 Å². The standard InChI is InChI=1S/C9H14O3/c1-4-10-8-6-12-9(7(8)3)11-5-2/h6H,4-5H2,1-3H3. The van der Waals surface area contributed by atoms with E-state index in [0.29, 0.717) is 19.2 Å². The SMILES string of the molecule is CCOc1coc(OCC)c1C. The fourth-order valence-corrected chi connectivity index (χ4v) is 0.956. The maximum absolute atomic E-state index is 5.29. The molecule has 0 unspecified atom stereocenters. The van der Waals surface area contributed by atoms with Gasteiger partial charge >= 0.3 is 0 Å². The third kappa shape index (κ3) is 1.72. The molecule has 3 nitrogen and oxygen atoms in total. The molecule has 0 atom stereocenters. The van der Waals surface area contributed by atoms with E-state index in [9.17, 15) is 0 Å². The van der Waals surface area contributed by atoms with Gasteiger partial charge in [0.25, 0.3) is 5.95 Å². The van der Waals surface area contributed by atoms with Gasteiger partial charge in [-0.05, 0) is 20.8 Å². The summed E-state index contributed by atoms with van der Waals surface area (Å²) in [5, 5.41) is 0. The van der Waals surface area contributed by atoms with Gasteiger partial charge in [0.05, 0.1) is 18.8 Å². The Kier molecular flexibility index (Phi) is 3.02. The van der Waals surface area contributed by atoms with Crippen LogP contribution in [-0.4, -0.2) is 13.2 Å². The first kappa shape index (κ1) is 8.97. The highest BCUT2D eigenvalue weighted by Gasteiger charge is 2.10. The van der Waals surface area contributed by atoms with Crippen molar-refractivity contribution in [2.45, 2.75) is 20.8 Å². The van der Waals surface area contributed by atoms with Crippen molar-refractivity contribution >= 4 is 0 Å². The molecule has 1 heterocycles. The van der Waals surface area contributed by atoms with Crippen LogP contribution in [0.5, 0.6) is 11.7 Å². The zero-order valence-corrected chi connectivity index (χ0v) is 7.72. The number of hydrogen-bond acceptors (Lipinski definition) is 3. The van der Waals surface area contributed by atoms with Gasteiger partial charge in [-0.2, -0.15) is 0 Å². The largest absolute Gasteiger partial charge is 0.490 e. The van der Waals surface area contributed by atoms with Crippen molar-refractivity contribution in [3.05, 3.63) is 11.8 Å². The summed E-state index contributed by atoms with van der Waals surface area (Å²) in [6.07, 6.45) is 1.57. The van der Waals surface area contributed by atoms with Gasteiger partial charge in [0.15, 0.2) is 5.75 Å². The lowest BCUT2D eigenvalue weighted by Crippen LogP contribution is -1.93. The fraction of sp³-hybridized carbons (Fsp3) is 0.556. The molecule has 1 rings (SSSR count). The van der Waals surface area contributed by atoms with Gasteiger partial charge in [-0.1, -0.05) is 0 Å². The molecule has 0 bridgehead atoms. The van der Waals surface area contributed by atoms with Crippen molar-refractivity contribution in [3.63, 3.8) is 0 Å². The van der Waals surface area contributed by atoms with Crippen molar-refractivity contribution in [2.24, 2.45) is 0 Å². The molecule has 12 heavy (non-hydrogen) atoms. The lowest BCUT2D eigenvalue weighted by molar-refractivity contribution is 0.255. The molecule has 0 fully saturated rings. The lowest BCUT2D eigenvalue weighted by atomic mass is 10.3. The van der Waals surface area contributed by atoms with Crippen molar-refractivity contribution in [2.75, 3.05) is 13.2 Å². The zero-order chi connectivity index (χ0) is 8.97. The Bertz CT molecular complexity index is 216. The van der Waals surface area contributed by atoms with Gasteiger partial charge in [0.2, 0.25) is 0 Å². The molecule has 0 aliphatic rings. The zero-order valence-electron chi connectivity index (χ0n) is 7.72. The molecule has 0 radical (unpaired) electrons. The van der Waals surface area contributed by atoms with Crippen molar-refractivity contribution in [1.82, 2.24) is 0 Å². The molecular weight excluding hydrogens is 156 g/mol. The quantitative estimate of drug-likeness (QED) is 0.695. The van der Waals surface area contributed by atoms with Crippen LogP contribution in [0.2, 0.25) is 0 Å². The minimum absolute atomic E-state index is 0.556. The van der Waals surface area contributed by atoms with Crippen molar-refractivity contribution in [3.8, 4) is 11.7 Å². The first-order valence-electron chi connectivity index (χ1n) is 4.13. The van der Waals surface area contributed by atoms with Gasteiger partial charge in [0.1, 0.15) is 6.26 Å². The Balaban J connectivity index is 2.74. The second kappa shape index (κ2) is 4.04. The minimum atomic E-state index is 0.556. The van der Waals surface area contributed by atoms with Gasteiger partial charge in [-0.25, -0.2) is 0 Å². The average molecular weight is 170 g/mol. The van der Waals surface area contributed by atoms with E-state index < -0.39 is 0 Å². The average Bonchev–Trinajstić information content (AvgIpc) is 2.38. The maximum Gasteiger partial charge on any atom is 0.291 e. The van der Waals surface area contributed by atoms with E-state index in [0.717, 1.165) is 11.3 Å². The predicted molar refractivity (Wildman–Crippen MR) is 45.8 cm³/mol. The molecule has 1 aromatic rings. The van der Waals surface area contributed by atoms with E-state index in [1.807, 2.05) is 20.8 Å².